The number of aryl methyl sites for hydroxylation is 2. The number of fused-ring (bicyclic) bond motifs is 1. The first-order valence-corrected chi connectivity index (χ1v) is 8.56. The summed E-state index contributed by atoms with van der Waals surface area (Å²) in [6.45, 7) is 0.654. The van der Waals surface area contributed by atoms with E-state index in [9.17, 15) is 0 Å². The molecular formula is C17H16BrN7. The number of rotatable bonds is 4. The van der Waals surface area contributed by atoms with Crippen molar-refractivity contribution in [1.82, 2.24) is 29.5 Å². The SMILES string of the molecule is Cn1cc(-c2cccc(CNc3ncnc4c3c(Br)nn4C)c2)cn1. The van der Waals surface area contributed by atoms with Gasteiger partial charge in [-0.05, 0) is 33.1 Å². The average molecular weight is 398 g/mol. The Labute approximate surface area is 152 Å². The lowest BCUT2D eigenvalue weighted by Gasteiger charge is -2.08. The molecule has 3 heterocycles. The molecule has 0 atom stereocenters. The van der Waals surface area contributed by atoms with Crippen LogP contribution in [-0.2, 0) is 20.6 Å². The van der Waals surface area contributed by atoms with Gasteiger partial charge in [-0.3, -0.25) is 4.68 Å². The summed E-state index contributed by atoms with van der Waals surface area (Å²) in [7, 11) is 3.78. The van der Waals surface area contributed by atoms with Crippen LogP contribution in [0.3, 0.4) is 0 Å². The predicted molar refractivity (Wildman–Crippen MR) is 100.0 cm³/mol. The van der Waals surface area contributed by atoms with Gasteiger partial charge >= 0.3 is 0 Å². The second-order valence-corrected chi connectivity index (χ2v) is 6.54. The maximum Gasteiger partial charge on any atom is 0.164 e. The van der Waals surface area contributed by atoms with Crippen LogP contribution in [0.2, 0.25) is 0 Å². The molecule has 25 heavy (non-hydrogen) atoms. The number of halogens is 1. The van der Waals surface area contributed by atoms with Crippen LogP contribution in [0, 0.1) is 0 Å². The minimum atomic E-state index is 0.654. The molecular weight excluding hydrogens is 382 g/mol. The van der Waals surface area contributed by atoms with Crippen LogP contribution < -0.4 is 5.32 Å². The van der Waals surface area contributed by atoms with Crippen LogP contribution in [0.1, 0.15) is 5.56 Å². The Morgan fingerprint density at radius 2 is 2.04 bits per heavy atom. The van der Waals surface area contributed by atoms with Crippen LogP contribution in [0.5, 0.6) is 0 Å². The number of aromatic nitrogens is 6. The van der Waals surface area contributed by atoms with Gasteiger partial charge in [-0.15, -0.1) is 0 Å². The number of hydrogen-bond acceptors (Lipinski definition) is 5. The zero-order valence-electron chi connectivity index (χ0n) is 13.8. The predicted octanol–water partition coefficient (Wildman–Crippen LogP) is 3.14. The Kier molecular flexibility index (Phi) is 3.96. The molecule has 0 amide bonds. The van der Waals surface area contributed by atoms with Gasteiger partial charge in [0, 0.05) is 32.4 Å². The summed E-state index contributed by atoms with van der Waals surface area (Å²) >= 11 is 3.48. The molecule has 0 bridgehead atoms. The van der Waals surface area contributed by atoms with Crippen molar-refractivity contribution in [2.75, 3.05) is 5.32 Å². The third-order valence-corrected chi connectivity index (χ3v) is 4.56. The number of hydrogen-bond donors (Lipinski definition) is 1. The van der Waals surface area contributed by atoms with E-state index in [1.807, 2.05) is 26.5 Å². The van der Waals surface area contributed by atoms with Crippen molar-refractivity contribution in [3.63, 3.8) is 0 Å². The monoisotopic (exact) mass is 397 g/mol. The van der Waals surface area contributed by atoms with E-state index in [2.05, 4.69) is 65.7 Å². The summed E-state index contributed by atoms with van der Waals surface area (Å²) < 4.78 is 4.27. The summed E-state index contributed by atoms with van der Waals surface area (Å²) in [6.07, 6.45) is 5.42. The second-order valence-electron chi connectivity index (χ2n) is 5.79. The molecule has 7 nitrogen and oxygen atoms in total. The molecule has 0 fully saturated rings. The van der Waals surface area contributed by atoms with Gasteiger partial charge in [0.2, 0.25) is 0 Å². The molecule has 4 aromatic rings. The van der Waals surface area contributed by atoms with Gasteiger partial charge < -0.3 is 5.32 Å². The lowest BCUT2D eigenvalue weighted by atomic mass is 10.1. The maximum atomic E-state index is 4.36. The topological polar surface area (TPSA) is 73.5 Å². The van der Waals surface area contributed by atoms with Crippen LogP contribution in [0.15, 0.2) is 47.6 Å². The first kappa shape index (κ1) is 15.8. The highest BCUT2D eigenvalue weighted by molar-refractivity contribution is 9.10. The Hall–Kier alpha value is -2.74. The number of benzene rings is 1. The zero-order chi connectivity index (χ0) is 17.4. The van der Waals surface area contributed by atoms with E-state index in [1.54, 1.807) is 15.7 Å². The first-order valence-electron chi connectivity index (χ1n) is 7.77. The molecule has 1 aromatic carbocycles. The smallest absolute Gasteiger partial charge is 0.164 e. The summed E-state index contributed by atoms with van der Waals surface area (Å²) in [6, 6.07) is 8.38. The summed E-state index contributed by atoms with van der Waals surface area (Å²) in [5, 5.41) is 12.8. The summed E-state index contributed by atoms with van der Waals surface area (Å²) in [5.74, 6) is 0.761. The molecule has 0 aliphatic heterocycles. The molecule has 1 N–H and O–H groups in total. The third kappa shape index (κ3) is 3.00. The van der Waals surface area contributed by atoms with Gasteiger partial charge in [0.15, 0.2) is 5.65 Å². The van der Waals surface area contributed by atoms with Crippen molar-refractivity contribution in [3.05, 3.63) is 53.2 Å². The van der Waals surface area contributed by atoms with Crippen molar-refractivity contribution >= 4 is 32.8 Å². The van der Waals surface area contributed by atoms with E-state index >= 15 is 0 Å². The van der Waals surface area contributed by atoms with Gasteiger partial charge in [0.25, 0.3) is 0 Å². The highest BCUT2D eigenvalue weighted by atomic mass is 79.9. The minimum Gasteiger partial charge on any atom is -0.365 e. The molecule has 0 aliphatic rings. The normalized spacial score (nSPS) is 11.2. The Morgan fingerprint density at radius 3 is 2.84 bits per heavy atom. The molecule has 0 radical (unpaired) electrons. The Balaban J connectivity index is 1.60. The summed E-state index contributed by atoms with van der Waals surface area (Å²) in [5.41, 5.74) is 4.19. The van der Waals surface area contributed by atoms with Crippen molar-refractivity contribution in [2.45, 2.75) is 6.54 Å². The minimum absolute atomic E-state index is 0.654. The number of anilines is 1. The second kappa shape index (κ2) is 6.29. The molecule has 3 aromatic heterocycles. The van der Waals surface area contributed by atoms with Crippen molar-refractivity contribution < 1.29 is 0 Å². The third-order valence-electron chi connectivity index (χ3n) is 4.00. The molecule has 8 heteroatoms. The van der Waals surface area contributed by atoms with Crippen LogP contribution in [-0.4, -0.2) is 29.5 Å². The highest BCUT2D eigenvalue weighted by Crippen LogP contribution is 2.27. The number of nitrogens with zero attached hydrogens (tertiary/aromatic N) is 6. The van der Waals surface area contributed by atoms with E-state index in [0.717, 1.165) is 38.1 Å². The molecule has 0 unspecified atom stereocenters. The largest absolute Gasteiger partial charge is 0.365 e. The van der Waals surface area contributed by atoms with Gasteiger partial charge in [-0.2, -0.15) is 10.2 Å². The van der Waals surface area contributed by atoms with Crippen LogP contribution in [0.4, 0.5) is 5.82 Å². The number of nitrogens with one attached hydrogen (secondary N) is 1. The fourth-order valence-corrected chi connectivity index (χ4v) is 3.39. The van der Waals surface area contributed by atoms with E-state index < -0.39 is 0 Å². The molecule has 126 valence electrons. The molecule has 0 spiro atoms. The van der Waals surface area contributed by atoms with E-state index in [4.69, 9.17) is 0 Å². The molecule has 0 saturated heterocycles. The molecule has 4 rings (SSSR count). The zero-order valence-corrected chi connectivity index (χ0v) is 15.4. The lowest BCUT2D eigenvalue weighted by molar-refractivity contribution is 0.768. The molecule has 0 saturated carbocycles. The van der Waals surface area contributed by atoms with Gasteiger partial charge in [-0.25, -0.2) is 14.6 Å². The van der Waals surface area contributed by atoms with E-state index in [0.29, 0.717) is 6.54 Å². The fraction of sp³-hybridized carbons (Fsp3) is 0.176. The van der Waals surface area contributed by atoms with Gasteiger partial charge in [0.05, 0.1) is 11.6 Å². The van der Waals surface area contributed by atoms with Crippen LogP contribution in [0.25, 0.3) is 22.2 Å². The fourth-order valence-electron chi connectivity index (χ4n) is 2.79. The first-order chi connectivity index (χ1) is 12.1. The maximum absolute atomic E-state index is 4.36. The quantitative estimate of drug-likeness (QED) is 0.572. The Bertz CT molecular complexity index is 1050. The summed E-state index contributed by atoms with van der Waals surface area (Å²) in [4.78, 5) is 8.64. The lowest BCUT2D eigenvalue weighted by Crippen LogP contribution is -2.03. The molecule has 0 aliphatic carbocycles. The highest BCUT2D eigenvalue weighted by Gasteiger charge is 2.13. The average Bonchev–Trinajstić information content (AvgIpc) is 3.17. The Morgan fingerprint density at radius 1 is 1.16 bits per heavy atom. The van der Waals surface area contributed by atoms with Gasteiger partial charge in [0.1, 0.15) is 16.7 Å². The van der Waals surface area contributed by atoms with Crippen LogP contribution >= 0.6 is 15.9 Å². The van der Waals surface area contributed by atoms with Gasteiger partial charge in [-0.1, -0.05) is 18.2 Å². The standard InChI is InChI=1S/C17H16BrN7/c1-24-9-13(8-22-24)12-5-3-4-11(6-12)7-19-16-14-15(18)23-25(2)17(14)21-10-20-16/h3-6,8-10H,7H2,1-2H3,(H,19,20,21). The van der Waals surface area contributed by atoms with Crippen molar-refractivity contribution in [2.24, 2.45) is 14.1 Å². The van der Waals surface area contributed by atoms with E-state index in [1.165, 1.54) is 0 Å². The van der Waals surface area contributed by atoms with Crippen molar-refractivity contribution in [1.29, 1.82) is 0 Å². The van der Waals surface area contributed by atoms with Crippen molar-refractivity contribution in [3.8, 4) is 11.1 Å². The van der Waals surface area contributed by atoms with E-state index in [-0.39, 0.29) is 0 Å².